The standard InChI is InChI=1S/C20H33N3O3/c1-4-19(5-2)10-12-22(13-11-19)16(24)14-23-17(25)20(21-18(23)26)9-7-6-8-15(20)3/h15H,4-14H2,1-3H3,(H,21,26). The highest BCUT2D eigenvalue weighted by atomic mass is 16.2. The van der Waals surface area contributed by atoms with Crippen LogP contribution in [-0.2, 0) is 9.59 Å². The van der Waals surface area contributed by atoms with E-state index in [1.807, 2.05) is 11.8 Å². The van der Waals surface area contributed by atoms with Crippen molar-refractivity contribution in [3.63, 3.8) is 0 Å². The van der Waals surface area contributed by atoms with Gasteiger partial charge in [-0.05, 0) is 37.0 Å². The van der Waals surface area contributed by atoms with Gasteiger partial charge in [0.25, 0.3) is 5.91 Å². The Bertz CT molecular complexity index is 577. The number of nitrogens with zero attached hydrogens (tertiary/aromatic N) is 2. The molecule has 2 saturated heterocycles. The van der Waals surface area contributed by atoms with Crippen molar-refractivity contribution in [2.75, 3.05) is 19.6 Å². The van der Waals surface area contributed by atoms with E-state index in [4.69, 9.17) is 0 Å². The topological polar surface area (TPSA) is 69.7 Å². The summed E-state index contributed by atoms with van der Waals surface area (Å²) in [6.07, 6.45) is 7.95. The molecule has 1 N–H and O–H groups in total. The van der Waals surface area contributed by atoms with Crippen LogP contribution in [0.5, 0.6) is 0 Å². The van der Waals surface area contributed by atoms with E-state index >= 15 is 0 Å². The Morgan fingerprint density at radius 3 is 2.35 bits per heavy atom. The minimum absolute atomic E-state index is 0.102. The molecule has 3 aliphatic rings. The Labute approximate surface area is 156 Å². The number of hydrogen-bond donors (Lipinski definition) is 1. The molecule has 2 atom stereocenters. The number of carbonyl (C=O) groups is 3. The molecule has 0 aromatic rings. The summed E-state index contributed by atoms with van der Waals surface area (Å²) in [4.78, 5) is 41.2. The summed E-state index contributed by atoms with van der Waals surface area (Å²) < 4.78 is 0. The van der Waals surface area contributed by atoms with E-state index in [0.29, 0.717) is 11.8 Å². The average Bonchev–Trinajstić information content (AvgIpc) is 2.89. The molecule has 2 heterocycles. The van der Waals surface area contributed by atoms with Crippen molar-refractivity contribution in [3.8, 4) is 0 Å². The highest BCUT2D eigenvalue weighted by Crippen LogP contribution is 2.39. The highest BCUT2D eigenvalue weighted by molar-refractivity contribution is 6.09. The van der Waals surface area contributed by atoms with Gasteiger partial charge in [0.1, 0.15) is 12.1 Å². The lowest BCUT2D eigenvalue weighted by Gasteiger charge is -2.41. The minimum atomic E-state index is -0.781. The van der Waals surface area contributed by atoms with Gasteiger partial charge in [-0.25, -0.2) is 4.79 Å². The largest absolute Gasteiger partial charge is 0.341 e. The van der Waals surface area contributed by atoms with E-state index in [1.54, 1.807) is 0 Å². The van der Waals surface area contributed by atoms with E-state index in [1.165, 1.54) is 0 Å². The maximum atomic E-state index is 13.0. The van der Waals surface area contributed by atoms with Crippen LogP contribution in [0.25, 0.3) is 0 Å². The van der Waals surface area contributed by atoms with E-state index in [2.05, 4.69) is 19.2 Å². The zero-order valence-electron chi connectivity index (χ0n) is 16.5. The van der Waals surface area contributed by atoms with Crippen molar-refractivity contribution in [1.29, 1.82) is 0 Å². The normalized spacial score (nSPS) is 31.4. The van der Waals surface area contributed by atoms with Crippen molar-refractivity contribution < 1.29 is 14.4 Å². The Hall–Kier alpha value is -1.59. The second-order valence-corrected chi connectivity index (χ2v) is 8.53. The summed E-state index contributed by atoms with van der Waals surface area (Å²) in [5.41, 5.74) is -0.434. The summed E-state index contributed by atoms with van der Waals surface area (Å²) in [7, 11) is 0. The first-order valence-electron chi connectivity index (χ1n) is 10.3. The minimum Gasteiger partial charge on any atom is -0.341 e. The summed E-state index contributed by atoms with van der Waals surface area (Å²) in [6, 6.07) is -0.398. The van der Waals surface area contributed by atoms with Crippen molar-refractivity contribution in [2.24, 2.45) is 11.3 Å². The van der Waals surface area contributed by atoms with Crippen molar-refractivity contribution in [1.82, 2.24) is 15.1 Å². The summed E-state index contributed by atoms with van der Waals surface area (Å²) in [5, 5.41) is 2.93. The average molecular weight is 364 g/mol. The van der Waals surface area contributed by atoms with E-state index < -0.39 is 11.6 Å². The molecule has 2 aliphatic heterocycles. The van der Waals surface area contributed by atoms with Gasteiger partial charge in [0, 0.05) is 13.1 Å². The zero-order chi connectivity index (χ0) is 18.9. The van der Waals surface area contributed by atoms with Gasteiger partial charge in [0.05, 0.1) is 0 Å². The van der Waals surface area contributed by atoms with Crippen LogP contribution in [0.1, 0.15) is 72.1 Å². The molecule has 2 unspecified atom stereocenters. The third-order valence-corrected chi connectivity index (χ3v) is 7.47. The van der Waals surface area contributed by atoms with Crippen LogP contribution in [0, 0.1) is 11.3 Å². The summed E-state index contributed by atoms with van der Waals surface area (Å²) >= 11 is 0. The molecule has 146 valence electrons. The number of rotatable bonds is 4. The number of carbonyl (C=O) groups excluding carboxylic acids is 3. The number of amides is 4. The Morgan fingerprint density at radius 2 is 1.77 bits per heavy atom. The molecule has 26 heavy (non-hydrogen) atoms. The predicted octanol–water partition coefficient (Wildman–Crippen LogP) is 2.92. The number of likely N-dealkylation sites (tertiary alicyclic amines) is 1. The molecule has 1 spiro atoms. The van der Waals surface area contributed by atoms with E-state index in [9.17, 15) is 14.4 Å². The SMILES string of the molecule is CCC1(CC)CCN(C(=O)CN2C(=O)NC3(CCCCC3C)C2=O)CC1. The lowest BCUT2D eigenvalue weighted by atomic mass is 9.73. The fourth-order valence-corrected chi connectivity index (χ4v) is 5.06. The van der Waals surface area contributed by atoms with E-state index in [0.717, 1.165) is 62.9 Å². The number of piperidine rings is 1. The van der Waals surface area contributed by atoms with Crippen LogP contribution >= 0.6 is 0 Å². The molecule has 6 heteroatoms. The summed E-state index contributed by atoms with van der Waals surface area (Å²) in [6.45, 7) is 7.81. The van der Waals surface area contributed by atoms with Gasteiger partial charge in [0.15, 0.2) is 0 Å². The maximum absolute atomic E-state index is 13.0. The van der Waals surface area contributed by atoms with Crippen LogP contribution in [0.4, 0.5) is 4.79 Å². The Kier molecular flexibility index (Phi) is 5.31. The Morgan fingerprint density at radius 1 is 1.12 bits per heavy atom. The van der Waals surface area contributed by atoms with Gasteiger partial charge < -0.3 is 10.2 Å². The first-order valence-corrected chi connectivity index (χ1v) is 10.3. The Balaban J connectivity index is 1.63. The molecule has 3 fully saturated rings. The van der Waals surface area contributed by atoms with Crippen molar-refractivity contribution in [3.05, 3.63) is 0 Å². The third kappa shape index (κ3) is 3.12. The number of imide groups is 1. The third-order valence-electron chi connectivity index (χ3n) is 7.47. The van der Waals surface area contributed by atoms with Crippen molar-refractivity contribution >= 4 is 17.8 Å². The molecule has 0 aromatic heterocycles. The van der Waals surface area contributed by atoms with Gasteiger partial charge in [-0.2, -0.15) is 0 Å². The van der Waals surface area contributed by atoms with Gasteiger partial charge in [0.2, 0.25) is 5.91 Å². The number of urea groups is 1. The predicted molar refractivity (Wildman–Crippen MR) is 99.4 cm³/mol. The fraction of sp³-hybridized carbons (Fsp3) is 0.850. The van der Waals surface area contributed by atoms with Gasteiger partial charge in [-0.1, -0.05) is 46.5 Å². The van der Waals surface area contributed by atoms with Gasteiger partial charge in [-0.15, -0.1) is 0 Å². The molecule has 0 radical (unpaired) electrons. The van der Waals surface area contributed by atoms with E-state index in [-0.39, 0.29) is 24.3 Å². The molecular weight excluding hydrogens is 330 g/mol. The van der Waals surface area contributed by atoms with Crippen LogP contribution in [0.3, 0.4) is 0 Å². The first-order chi connectivity index (χ1) is 12.4. The second-order valence-electron chi connectivity index (χ2n) is 8.53. The number of hydrogen-bond acceptors (Lipinski definition) is 3. The molecule has 1 saturated carbocycles. The lowest BCUT2D eigenvalue weighted by molar-refractivity contribution is -0.141. The van der Waals surface area contributed by atoms with Gasteiger partial charge in [-0.3, -0.25) is 14.5 Å². The quantitative estimate of drug-likeness (QED) is 0.781. The van der Waals surface area contributed by atoms with Crippen LogP contribution in [-0.4, -0.2) is 52.8 Å². The van der Waals surface area contributed by atoms with Gasteiger partial charge >= 0.3 is 6.03 Å². The fourth-order valence-electron chi connectivity index (χ4n) is 5.06. The van der Waals surface area contributed by atoms with Crippen molar-refractivity contribution in [2.45, 2.75) is 77.7 Å². The first kappa shape index (κ1) is 19.2. The molecule has 1 aliphatic carbocycles. The molecule has 4 amide bonds. The van der Waals surface area contributed by atoms with Crippen LogP contribution in [0.2, 0.25) is 0 Å². The maximum Gasteiger partial charge on any atom is 0.325 e. The number of nitrogens with one attached hydrogen (secondary N) is 1. The molecule has 0 bridgehead atoms. The summed E-state index contributed by atoms with van der Waals surface area (Å²) in [5.74, 6) is -0.177. The lowest BCUT2D eigenvalue weighted by Crippen LogP contribution is -2.54. The highest BCUT2D eigenvalue weighted by Gasteiger charge is 2.55. The van der Waals surface area contributed by atoms with Crippen LogP contribution < -0.4 is 5.32 Å². The van der Waals surface area contributed by atoms with Crippen LogP contribution in [0.15, 0.2) is 0 Å². The second kappa shape index (κ2) is 7.20. The monoisotopic (exact) mass is 363 g/mol. The molecule has 3 rings (SSSR count). The molecule has 6 nitrogen and oxygen atoms in total. The molecular formula is C20H33N3O3. The smallest absolute Gasteiger partial charge is 0.325 e. The zero-order valence-corrected chi connectivity index (χ0v) is 16.5. The molecule has 0 aromatic carbocycles.